The second-order valence-electron chi connectivity index (χ2n) is 8.11. The number of ether oxygens (including phenoxy) is 1. The molecule has 1 aliphatic carbocycles. The zero-order valence-corrected chi connectivity index (χ0v) is 17.7. The van der Waals surface area contributed by atoms with Gasteiger partial charge >= 0.3 is 0 Å². The third-order valence-electron chi connectivity index (χ3n) is 6.12. The van der Waals surface area contributed by atoms with E-state index in [1.54, 1.807) is 0 Å². The average Bonchev–Trinajstić information content (AvgIpc) is 3.53. The van der Waals surface area contributed by atoms with Crippen molar-refractivity contribution in [1.29, 1.82) is 0 Å². The highest BCUT2D eigenvalue weighted by Crippen LogP contribution is 2.37. The Hall–Kier alpha value is -1.44. The summed E-state index contributed by atoms with van der Waals surface area (Å²) in [6.45, 7) is 4.51. The Kier molecular flexibility index (Phi) is 6.04. The van der Waals surface area contributed by atoms with E-state index in [1.807, 2.05) is 17.0 Å². The van der Waals surface area contributed by atoms with Crippen LogP contribution < -0.4 is 5.32 Å². The van der Waals surface area contributed by atoms with E-state index in [-0.39, 0.29) is 11.8 Å². The van der Waals surface area contributed by atoms with Crippen LogP contribution in [0.3, 0.4) is 0 Å². The number of benzene rings is 1. The fourth-order valence-electron chi connectivity index (χ4n) is 4.23. The number of halogens is 1. The zero-order valence-electron chi connectivity index (χ0n) is 16.2. The van der Waals surface area contributed by atoms with Crippen molar-refractivity contribution in [2.75, 3.05) is 45.9 Å². The largest absolute Gasteiger partial charge is 0.381 e. The molecule has 3 fully saturated rings. The molecule has 0 spiro atoms. The van der Waals surface area contributed by atoms with Gasteiger partial charge < -0.3 is 15.0 Å². The lowest BCUT2D eigenvalue weighted by Crippen LogP contribution is -2.56. The molecular weight excluding hydrogens is 422 g/mol. The van der Waals surface area contributed by atoms with E-state index in [9.17, 15) is 9.59 Å². The van der Waals surface area contributed by atoms with Crippen molar-refractivity contribution >= 4 is 27.7 Å². The van der Waals surface area contributed by atoms with Gasteiger partial charge in [0.1, 0.15) is 0 Å². The number of nitrogens with zero attached hydrogens (tertiary/aromatic N) is 2. The second kappa shape index (κ2) is 8.51. The third kappa shape index (κ3) is 4.42. The first kappa shape index (κ1) is 19.9. The van der Waals surface area contributed by atoms with Crippen LogP contribution in [0.2, 0.25) is 0 Å². The predicted molar refractivity (Wildman–Crippen MR) is 110 cm³/mol. The number of rotatable bonds is 5. The summed E-state index contributed by atoms with van der Waals surface area (Å²) in [4.78, 5) is 29.8. The van der Waals surface area contributed by atoms with Gasteiger partial charge in [0.15, 0.2) is 0 Å². The summed E-state index contributed by atoms with van der Waals surface area (Å²) in [5.74, 6) is 0.318. The molecule has 1 saturated carbocycles. The van der Waals surface area contributed by atoms with Gasteiger partial charge in [-0.1, -0.05) is 28.1 Å². The molecule has 6 nitrogen and oxygen atoms in total. The minimum absolute atomic E-state index is 0.109. The molecule has 4 rings (SSSR count). The highest BCUT2D eigenvalue weighted by atomic mass is 79.9. The van der Waals surface area contributed by atoms with Crippen molar-refractivity contribution in [2.45, 2.75) is 37.1 Å². The lowest BCUT2D eigenvalue weighted by Gasteiger charge is -2.43. The highest BCUT2D eigenvalue weighted by molar-refractivity contribution is 9.10. The van der Waals surface area contributed by atoms with Crippen molar-refractivity contribution in [1.82, 2.24) is 15.1 Å². The molecule has 0 unspecified atom stereocenters. The maximum atomic E-state index is 13.6. The highest BCUT2D eigenvalue weighted by Gasteiger charge is 2.44. The van der Waals surface area contributed by atoms with Gasteiger partial charge in [-0.15, -0.1) is 0 Å². The van der Waals surface area contributed by atoms with E-state index in [0.717, 1.165) is 48.8 Å². The average molecular weight is 450 g/mol. The minimum atomic E-state index is -0.496. The molecule has 1 N–H and O–H groups in total. The van der Waals surface area contributed by atoms with Crippen molar-refractivity contribution in [3.05, 3.63) is 34.3 Å². The number of carbonyl (C=O) groups is 2. The van der Waals surface area contributed by atoms with Crippen LogP contribution in [0.15, 0.2) is 28.7 Å². The number of hydrogen-bond donors (Lipinski definition) is 1. The SMILES string of the molecule is O=C(CN1CCN(C(=O)C2(c3ccc(Br)cc3)CCOCC2)CC1)NC1CC1. The van der Waals surface area contributed by atoms with E-state index < -0.39 is 5.41 Å². The molecule has 0 aromatic heterocycles. The van der Waals surface area contributed by atoms with Gasteiger partial charge in [-0.05, 0) is 43.4 Å². The lowest BCUT2D eigenvalue weighted by molar-refractivity contribution is -0.143. The van der Waals surface area contributed by atoms with E-state index in [0.29, 0.717) is 38.9 Å². The van der Waals surface area contributed by atoms with Gasteiger partial charge in [-0.3, -0.25) is 14.5 Å². The van der Waals surface area contributed by atoms with Crippen LogP contribution >= 0.6 is 15.9 Å². The van der Waals surface area contributed by atoms with Crippen LogP contribution in [-0.2, 0) is 19.7 Å². The fraction of sp³-hybridized carbons (Fsp3) is 0.619. The number of carbonyl (C=O) groups excluding carboxylic acids is 2. The molecule has 7 heteroatoms. The Bertz CT molecular complexity index is 706. The van der Waals surface area contributed by atoms with Crippen LogP contribution in [0.1, 0.15) is 31.2 Å². The van der Waals surface area contributed by atoms with Crippen molar-refractivity contribution < 1.29 is 14.3 Å². The Balaban J connectivity index is 1.40. The summed E-state index contributed by atoms with van der Waals surface area (Å²) in [7, 11) is 0. The number of nitrogens with one attached hydrogen (secondary N) is 1. The number of piperazine rings is 1. The normalized spacial score (nSPS) is 22.7. The second-order valence-corrected chi connectivity index (χ2v) is 9.03. The van der Waals surface area contributed by atoms with Gasteiger partial charge in [-0.25, -0.2) is 0 Å². The molecule has 0 atom stereocenters. The third-order valence-corrected chi connectivity index (χ3v) is 6.65. The summed E-state index contributed by atoms with van der Waals surface area (Å²) in [5.41, 5.74) is 0.583. The van der Waals surface area contributed by atoms with Gasteiger partial charge in [0, 0.05) is 49.9 Å². The van der Waals surface area contributed by atoms with Gasteiger partial charge in [0.25, 0.3) is 0 Å². The molecule has 0 radical (unpaired) electrons. The molecule has 1 aromatic rings. The summed E-state index contributed by atoms with van der Waals surface area (Å²) in [6, 6.07) is 8.54. The molecule has 2 aliphatic heterocycles. The zero-order chi connectivity index (χ0) is 19.6. The summed E-state index contributed by atoms with van der Waals surface area (Å²) < 4.78 is 6.59. The monoisotopic (exact) mass is 449 g/mol. The van der Waals surface area contributed by atoms with Crippen LogP contribution in [-0.4, -0.2) is 73.6 Å². The van der Waals surface area contributed by atoms with Crippen molar-refractivity contribution in [3.63, 3.8) is 0 Å². The predicted octanol–water partition coefficient (Wildman–Crippen LogP) is 1.92. The fourth-order valence-corrected chi connectivity index (χ4v) is 4.49. The molecule has 2 amide bonds. The minimum Gasteiger partial charge on any atom is -0.381 e. The summed E-state index contributed by atoms with van der Waals surface area (Å²) in [6.07, 6.45) is 3.65. The molecular formula is C21H28BrN3O3. The quantitative estimate of drug-likeness (QED) is 0.745. The maximum Gasteiger partial charge on any atom is 0.234 e. The van der Waals surface area contributed by atoms with E-state index >= 15 is 0 Å². The molecule has 28 heavy (non-hydrogen) atoms. The van der Waals surface area contributed by atoms with Crippen LogP contribution in [0.5, 0.6) is 0 Å². The topological polar surface area (TPSA) is 61.9 Å². The first-order valence-electron chi connectivity index (χ1n) is 10.2. The van der Waals surface area contributed by atoms with Gasteiger partial charge in [0.2, 0.25) is 11.8 Å². The first-order chi connectivity index (χ1) is 13.6. The molecule has 1 aromatic carbocycles. The van der Waals surface area contributed by atoms with E-state index in [2.05, 4.69) is 38.3 Å². The van der Waals surface area contributed by atoms with Crippen molar-refractivity contribution in [3.8, 4) is 0 Å². The molecule has 3 aliphatic rings. The smallest absolute Gasteiger partial charge is 0.234 e. The maximum absolute atomic E-state index is 13.6. The van der Waals surface area contributed by atoms with E-state index in [4.69, 9.17) is 4.74 Å². The van der Waals surface area contributed by atoms with Gasteiger partial charge in [0.05, 0.1) is 12.0 Å². The van der Waals surface area contributed by atoms with Crippen LogP contribution in [0.25, 0.3) is 0 Å². The van der Waals surface area contributed by atoms with Gasteiger partial charge in [-0.2, -0.15) is 0 Å². The number of amides is 2. The molecule has 152 valence electrons. The molecule has 0 bridgehead atoms. The first-order valence-corrected chi connectivity index (χ1v) is 11.0. The Labute approximate surface area is 174 Å². The molecule has 2 heterocycles. The van der Waals surface area contributed by atoms with E-state index in [1.165, 1.54) is 0 Å². The lowest BCUT2D eigenvalue weighted by atomic mass is 9.73. The Morgan fingerprint density at radius 3 is 2.32 bits per heavy atom. The number of hydrogen-bond acceptors (Lipinski definition) is 4. The Morgan fingerprint density at radius 2 is 1.71 bits per heavy atom. The van der Waals surface area contributed by atoms with Crippen molar-refractivity contribution in [2.24, 2.45) is 0 Å². The Morgan fingerprint density at radius 1 is 1.07 bits per heavy atom. The summed E-state index contributed by atoms with van der Waals surface area (Å²) >= 11 is 3.49. The van der Waals surface area contributed by atoms with Crippen LogP contribution in [0, 0.1) is 0 Å². The van der Waals surface area contributed by atoms with Crippen LogP contribution in [0.4, 0.5) is 0 Å². The standard InChI is InChI=1S/C21H28BrN3O3/c22-17-3-1-16(2-4-17)21(7-13-28-14-8-21)20(27)25-11-9-24(10-12-25)15-19(26)23-18-5-6-18/h1-4,18H,5-15H2,(H,23,26). The molecule has 2 saturated heterocycles. The summed E-state index contributed by atoms with van der Waals surface area (Å²) in [5, 5.41) is 3.04.